The van der Waals surface area contributed by atoms with Crippen molar-refractivity contribution in [2.24, 2.45) is 5.41 Å². The second kappa shape index (κ2) is 4.52. The van der Waals surface area contributed by atoms with Gasteiger partial charge in [-0.1, -0.05) is 31.5 Å². The van der Waals surface area contributed by atoms with E-state index in [-0.39, 0.29) is 5.60 Å². The molecular weight excluding hydrogens is 234 g/mol. The minimum atomic E-state index is -0.150. The molecule has 1 aromatic rings. The molecule has 1 aliphatic carbocycles. The van der Waals surface area contributed by atoms with Gasteiger partial charge in [0.1, 0.15) is 11.4 Å². The van der Waals surface area contributed by atoms with Gasteiger partial charge in [0.2, 0.25) is 0 Å². The molecule has 1 heterocycles. The van der Waals surface area contributed by atoms with Crippen molar-refractivity contribution in [1.82, 2.24) is 5.32 Å². The third kappa shape index (κ3) is 2.16. The molecule has 19 heavy (non-hydrogen) atoms. The number of para-hydroxylation sites is 1. The molecule has 0 bridgehead atoms. The molecule has 1 unspecified atom stereocenters. The first-order chi connectivity index (χ1) is 9.06. The molecule has 2 heteroatoms. The van der Waals surface area contributed by atoms with Crippen molar-refractivity contribution < 1.29 is 4.74 Å². The van der Waals surface area contributed by atoms with E-state index in [0.717, 1.165) is 12.3 Å². The molecule has 1 N–H and O–H groups in total. The molecule has 1 aromatic carbocycles. The van der Waals surface area contributed by atoms with Crippen LogP contribution < -0.4 is 10.1 Å². The highest BCUT2D eigenvalue weighted by atomic mass is 16.5. The standard InChI is InChI=1S/C17H25NO/c1-4-17(10-7-11-17)12-18-15-13-8-5-6-9-14(13)19-16(15,2)3/h5-6,8-9,15,18H,4,7,10-12H2,1-3H3. The number of rotatable bonds is 4. The molecule has 0 aromatic heterocycles. The van der Waals surface area contributed by atoms with E-state index < -0.39 is 0 Å². The number of benzene rings is 1. The number of hydrogen-bond acceptors (Lipinski definition) is 2. The van der Waals surface area contributed by atoms with Gasteiger partial charge in [-0.15, -0.1) is 0 Å². The maximum Gasteiger partial charge on any atom is 0.125 e. The summed E-state index contributed by atoms with van der Waals surface area (Å²) in [5.41, 5.74) is 1.72. The highest BCUT2D eigenvalue weighted by molar-refractivity contribution is 5.42. The van der Waals surface area contributed by atoms with E-state index in [1.807, 2.05) is 0 Å². The molecule has 0 saturated heterocycles. The van der Waals surface area contributed by atoms with Crippen LogP contribution in [0.25, 0.3) is 0 Å². The Morgan fingerprint density at radius 2 is 2.00 bits per heavy atom. The van der Waals surface area contributed by atoms with Gasteiger partial charge in [0.25, 0.3) is 0 Å². The van der Waals surface area contributed by atoms with Crippen LogP contribution >= 0.6 is 0 Å². The quantitative estimate of drug-likeness (QED) is 0.880. The van der Waals surface area contributed by atoms with Crippen LogP contribution in [0.2, 0.25) is 0 Å². The minimum Gasteiger partial charge on any atom is -0.486 e. The summed E-state index contributed by atoms with van der Waals surface area (Å²) >= 11 is 0. The predicted octanol–water partition coefficient (Wildman–Crippen LogP) is 4.07. The first-order valence-electron chi connectivity index (χ1n) is 7.58. The first kappa shape index (κ1) is 13.0. The number of fused-ring (bicyclic) bond motifs is 1. The van der Waals surface area contributed by atoms with E-state index in [9.17, 15) is 0 Å². The predicted molar refractivity (Wildman–Crippen MR) is 78.5 cm³/mol. The zero-order valence-corrected chi connectivity index (χ0v) is 12.3. The first-order valence-corrected chi connectivity index (χ1v) is 7.58. The fourth-order valence-corrected chi connectivity index (χ4v) is 3.54. The van der Waals surface area contributed by atoms with Crippen LogP contribution in [0.1, 0.15) is 58.1 Å². The Morgan fingerprint density at radius 3 is 2.63 bits per heavy atom. The Labute approximate surface area is 116 Å². The molecule has 104 valence electrons. The van der Waals surface area contributed by atoms with E-state index in [1.165, 1.54) is 31.2 Å². The van der Waals surface area contributed by atoms with E-state index in [2.05, 4.69) is 50.4 Å². The van der Waals surface area contributed by atoms with Gasteiger partial charge in [0.15, 0.2) is 0 Å². The lowest BCUT2D eigenvalue weighted by molar-refractivity contribution is 0.0701. The topological polar surface area (TPSA) is 21.3 Å². The average molecular weight is 259 g/mol. The molecule has 1 saturated carbocycles. The van der Waals surface area contributed by atoms with Crippen molar-refractivity contribution in [3.63, 3.8) is 0 Å². The third-order valence-corrected chi connectivity index (χ3v) is 5.14. The van der Waals surface area contributed by atoms with Gasteiger partial charge >= 0.3 is 0 Å². The Balaban J connectivity index is 1.76. The summed E-state index contributed by atoms with van der Waals surface area (Å²) in [6.07, 6.45) is 5.45. The Bertz CT molecular complexity index is 457. The van der Waals surface area contributed by atoms with Crippen molar-refractivity contribution in [2.75, 3.05) is 6.54 Å². The molecule has 0 radical (unpaired) electrons. The average Bonchev–Trinajstić information content (AvgIpc) is 2.59. The SMILES string of the molecule is CCC1(CNC2c3ccccc3OC2(C)C)CCC1. The second-order valence-electron chi connectivity index (χ2n) is 6.76. The summed E-state index contributed by atoms with van der Waals surface area (Å²) < 4.78 is 6.09. The highest BCUT2D eigenvalue weighted by Crippen LogP contribution is 2.46. The molecule has 2 nitrogen and oxygen atoms in total. The molecule has 1 aliphatic heterocycles. The Hall–Kier alpha value is -1.02. The van der Waals surface area contributed by atoms with E-state index >= 15 is 0 Å². The van der Waals surface area contributed by atoms with Gasteiger partial charge in [-0.3, -0.25) is 0 Å². The van der Waals surface area contributed by atoms with E-state index in [4.69, 9.17) is 4.74 Å². The summed E-state index contributed by atoms with van der Waals surface area (Å²) in [5, 5.41) is 3.80. The highest BCUT2D eigenvalue weighted by Gasteiger charge is 2.43. The maximum atomic E-state index is 6.09. The number of ether oxygens (including phenoxy) is 1. The van der Waals surface area contributed by atoms with E-state index in [1.54, 1.807) is 0 Å². The molecular formula is C17H25NO. The summed E-state index contributed by atoms with van der Waals surface area (Å²) in [4.78, 5) is 0. The van der Waals surface area contributed by atoms with E-state index in [0.29, 0.717) is 11.5 Å². The van der Waals surface area contributed by atoms with Crippen LogP contribution in [0.4, 0.5) is 0 Å². The number of hydrogen-bond donors (Lipinski definition) is 1. The smallest absolute Gasteiger partial charge is 0.125 e. The molecule has 0 spiro atoms. The third-order valence-electron chi connectivity index (χ3n) is 5.14. The van der Waals surface area contributed by atoms with Crippen LogP contribution in [-0.2, 0) is 0 Å². The monoisotopic (exact) mass is 259 g/mol. The molecule has 0 amide bonds. The van der Waals surface area contributed by atoms with Crippen molar-refractivity contribution in [2.45, 2.75) is 58.1 Å². The van der Waals surface area contributed by atoms with Crippen molar-refractivity contribution in [1.29, 1.82) is 0 Å². The van der Waals surface area contributed by atoms with Crippen molar-refractivity contribution in [3.05, 3.63) is 29.8 Å². The van der Waals surface area contributed by atoms with Crippen LogP contribution in [0.3, 0.4) is 0 Å². The van der Waals surface area contributed by atoms with Gasteiger partial charge in [0.05, 0.1) is 6.04 Å². The maximum absolute atomic E-state index is 6.09. The lowest BCUT2D eigenvalue weighted by Gasteiger charge is -2.43. The minimum absolute atomic E-state index is 0.150. The van der Waals surface area contributed by atoms with Crippen LogP contribution in [0, 0.1) is 5.41 Å². The van der Waals surface area contributed by atoms with Crippen LogP contribution in [-0.4, -0.2) is 12.1 Å². The van der Waals surface area contributed by atoms with Crippen LogP contribution in [0.15, 0.2) is 24.3 Å². The lowest BCUT2D eigenvalue weighted by Crippen LogP contribution is -2.46. The largest absolute Gasteiger partial charge is 0.486 e. The fraction of sp³-hybridized carbons (Fsp3) is 0.647. The Kier molecular flexibility index (Phi) is 3.09. The summed E-state index contributed by atoms with van der Waals surface area (Å²) in [6, 6.07) is 8.75. The lowest BCUT2D eigenvalue weighted by atomic mass is 9.67. The summed E-state index contributed by atoms with van der Waals surface area (Å²) in [6.45, 7) is 7.81. The summed E-state index contributed by atoms with van der Waals surface area (Å²) in [5.74, 6) is 1.05. The van der Waals surface area contributed by atoms with Crippen molar-refractivity contribution in [3.8, 4) is 5.75 Å². The Morgan fingerprint density at radius 1 is 1.26 bits per heavy atom. The molecule has 3 rings (SSSR count). The van der Waals surface area contributed by atoms with Crippen molar-refractivity contribution >= 4 is 0 Å². The molecule has 2 aliphatic rings. The zero-order chi connectivity index (χ0) is 13.5. The van der Waals surface area contributed by atoms with Gasteiger partial charge in [-0.25, -0.2) is 0 Å². The van der Waals surface area contributed by atoms with Gasteiger partial charge in [-0.2, -0.15) is 0 Å². The fourth-order valence-electron chi connectivity index (χ4n) is 3.54. The normalized spacial score (nSPS) is 26.4. The molecule has 1 atom stereocenters. The van der Waals surface area contributed by atoms with Gasteiger partial charge in [-0.05, 0) is 44.6 Å². The van der Waals surface area contributed by atoms with Crippen LogP contribution in [0.5, 0.6) is 5.75 Å². The molecule has 1 fully saturated rings. The second-order valence-corrected chi connectivity index (χ2v) is 6.76. The van der Waals surface area contributed by atoms with Gasteiger partial charge < -0.3 is 10.1 Å². The summed E-state index contributed by atoms with van der Waals surface area (Å²) in [7, 11) is 0. The zero-order valence-electron chi connectivity index (χ0n) is 12.3. The van der Waals surface area contributed by atoms with Gasteiger partial charge in [0, 0.05) is 12.1 Å². The number of nitrogens with one attached hydrogen (secondary N) is 1.